The minimum absolute atomic E-state index is 0.168. The van der Waals surface area contributed by atoms with Crippen LogP contribution in [-0.4, -0.2) is 52.0 Å². The van der Waals surface area contributed by atoms with Crippen LogP contribution in [0.1, 0.15) is 24.5 Å². The van der Waals surface area contributed by atoms with Gasteiger partial charge in [0.2, 0.25) is 0 Å². The van der Waals surface area contributed by atoms with E-state index in [1.54, 1.807) is 7.11 Å². The number of anilines is 1. The number of amides is 1. The standard InChI is InChI=1S/C29H34N2O4/c1-5-27(22-9-7-6-8-10-22)28(23-11-15-26(16-12-23)35-21-33-4)29(32)30-24-13-17-25(18-14-24)34-20-19-31(2)3/h6-18H,5,19-21H2,1-4H3,(H,30,32). The summed E-state index contributed by atoms with van der Waals surface area (Å²) in [5, 5.41) is 3.06. The third-order valence-corrected chi connectivity index (χ3v) is 5.41. The number of methoxy groups -OCH3 is 1. The Bertz CT molecular complexity index is 1090. The van der Waals surface area contributed by atoms with Gasteiger partial charge in [-0.15, -0.1) is 0 Å². The Morgan fingerprint density at radius 3 is 2.06 bits per heavy atom. The Balaban J connectivity index is 1.88. The van der Waals surface area contributed by atoms with Gasteiger partial charge in [0.05, 0.1) is 5.57 Å². The first-order chi connectivity index (χ1) is 17.0. The van der Waals surface area contributed by atoms with E-state index in [0.717, 1.165) is 29.0 Å². The number of nitrogens with one attached hydrogen (secondary N) is 1. The fourth-order valence-corrected chi connectivity index (χ4v) is 3.63. The van der Waals surface area contributed by atoms with Crippen LogP contribution in [0.3, 0.4) is 0 Å². The summed E-state index contributed by atoms with van der Waals surface area (Å²) in [4.78, 5) is 15.7. The number of nitrogens with zero attached hydrogens (tertiary/aromatic N) is 1. The number of carbonyl (C=O) groups excluding carboxylic acids is 1. The Kier molecular flexibility index (Phi) is 9.90. The molecule has 6 nitrogen and oxygen atoms in total. The highest BCUT2D eigenvalue weighted by Gasteiger charge is 2.19. The molecule has 0 saturated carbocycles. The first kappa shape index (κ1) is 26.0. The highest BCUT2D eigenvalue weighted by Crippen LogP contribution is 2.31. The van der Waals surface area contributed by atoms with Crippen molar-refractivity contribution in [1.29, 1.82) is 0 Å². The minimum Gasteiger partial charge on any atom is -0.492 e. The monoisotopic (exact) mass is 474 g/mol. The Hall–Kier alpha value is -3.61. The maximum absolute atomic E-state index is 13.6. The number of benzene rings is 3. The van der Waals surface area contributed by atoms with Gasteiger partial charge in [0, 0.05) is 19.3 Å². The van der Waals surface area contributed by atoms with E-state index < -0.39 is 0 Å². The smallest absolute Gasteiger partial charge is 0.256 e. The Labute approximate surface area is 208 Å². The maximum atomic E-state index is 13.6. The normalized spacial score (nSPS) is 11.7. The molecule has 184 valence electrons. The largest absolute Gasteiger partial charge is 0.492 e. The number of ether oxygens (including phenoxy) is 3. The van der Waals surface area contributed by atoms with Crippen LogP contribution in [0, 0.1) is 0 Å². The molecule has 0 bridgehead atoms. The minimum atomic E-state index is -0.169. The molecule has 0 spiro atoms. The van der Waals surface area contributed by atoms with E-state index in [1.165, 1.54) is 0 Å². The van der Waals surface area contributed by atoms with Gasteiger partial charge in [-0.3, -0.25) is 4.79 Å². The van der Waals surface area contributed by atoms with E-state index in [9.17, 15) is 4.79 Å². The summed E-state index contributed by atoms with van der Waals surface area (Å²) in [5.41, 5.74) is 4.14. The maximum Gasteiger partial charge on any atom is 0.256 e. The molecule has 1 amide bonds. The summed E-state index contributed by atoms with van der Waals surface area (Å²) in [6.45, 7) is 3.67. The second-order valence-corrected chi connectivity index (χ2v) is 8.28. The highest BCUT2D eigenvalue weighted by molar-refractivity contribution is 6.31. The Morgan fingerprint density at radius 1 is 0.829 bits per heavy atom. The van der Waals surface area contributed by atoms with Crippen LogP contribution in [-0.2, 0) is 9.53 Å². The van der Waals surface area contributed by atoms with Gasteiger partial charge in [-0.25, -0.2) is 0 Å². The fraction of sp³-hybridized carbons (Fsp3) is 0.276. The van der Waals surface area contributed by atoms with Crippen molar-refractivity contribution in [3.8, 4) is 11.5 Å². The molecule has 0 unspecified atom stereocenters. The van der Waals surface area contributed by atoms with Crippen molar-refractivity contribution < 1.29 is 19.0 Å². The van der Waals surface area contributed by atoms with E-state index >= 15 is 0 Å². The molecule has 3 aromatic rings. The summed E-state index contributed by atoms with van der Waals surface area (Å²) < 4.78 is 16.3. The molecule has 0 aliphatic carbocycles. The number of allylic oxidation sites excluding steroid dienone is 1. The lowest BCUT2D eigenvalue weighted by Gasteiger charge is -2.16. The molecule has 3 aromatic carbocycles. The lowest BCUT2D eigenvalue weighted by Crippen LogP contribution is -2.19. The van der Waals surface area contributed by atoms with Crippen molar-refractivity contribution in [2.24, 2.45) is 0 Å². The average Bonchev–Trinajstić information content (AvgIpc) is 2.87. The number of rotatable bonds is 12. The lowest BCUT2D eigenvalue weighted by atomic mass is 9.92. The molecule has 1 N–H and O–H groups in total. The molecule has 0 fully saturated rings. The summed E-state index contributed by atoms with van der Waals surface area (Å²) in [6, 6.07) is 25.0. The van der Waals surface area contributed by atoms with Gasteiger partial charge >= 0.3 is 0 Å². The average molecular weight is 475 g/mol. The summed E-state index contributed by atoms with van der Waals surface area (Å²) in [7, 11) is 5.59. The van der Waals surface area contributed by atoms with E-state index in [2.05, 4.69) is 17.1 Å². The second kappa shape index (κ2) is 13.3. The SMILES string of the molecule is CCC(=C(C(=O)Nc1ccc(OCCN(C)C)cc1)c1ccc(OCOC)cc1)c1ccccc1. The van der Waals surface area contributed by atoms with Crippen molar-refractivity contribution in [1.82, 2.24) is 4.90 Å². The summed E-state index contributed by atoms with van der Waals surface area (Å²) in [6.07, 6.45) is 0.702. The van der Waals surface area contributed by atoms with Gasteiger partial charge in [0.15, 0.2) is 6.79 Å². The predicted molar refractivity (Wildman–Crippen MR) is 142 cm³/mol. The molecule has 35 heavy (non-hydrogen) atoms. The number of hydrogen-bond acceptors (Lipinski definition) is 5. The summed E-state index contributed by atoms with van der Waals surface area (Å²) in [5.74, 6) is 1.28. The molecule has 0 radical (unpaired) electrons. The molecule has 0 aliphatic heterocycles. The zero-order valence-corrected chi connectivity index (χ0v) is 20.9. The van der Waals surface area contributed by atoms with Gasteiger partial charge in [0.1, 0.15) is 18.1 Å². The molecule has 3 rings (SSSR count). The van der Waals surface area contributed by atoms with Crippen molar-refractivity contribution >= 4 is 22.7 Å². The molecule has 6 heteroatoms. The molecular weight excluding hydrogens is 440 g/mol. The highest BCUT2D eigenvalue weighted by atomic mass is 16.7. The van der Waals surface area contributed by atoms with Gasteiger partial charge in [-0.05, 0) is 73.6 Å². The lowest BCUT2D eigenvalue weighted by molar-refractivity contribution is -0.111. The number of likely N-dealkylation sites (N-methyl/N-ethyl adjacent to an activating group) is 1. The number of carbonyl (C=O) groups is 1. The molecule has 0 aromatic heterocycles. The molecule has 0 aliphatic rings. The van der Waals surface area contributed by atoms with Crippen molar-refractivity contribution in [2.75, 3.05) is 46.5 Å². The van der Waals surface area contributed by atoms with Crippen LogP contribution in [0.2, 0.25) is 0 Å². The molecule has 0 atom stereocenters. The summed E-state index contributed by atoms with van der Waals surface area (Å²) >= 11 is 0. The quantitative estimate of drug-likeness (QED) is 0.211. The third-order valence-electron chi connectivity index (χ3n) is 5.41. The van der Waals surface area contributed by atoms with Gasteiger partial charge in [-0.1, -0.05) is 49.4 Å². The van der Waals surface area contributed by atoms with E-state index in [0.29, 0.717) is 30.0 Å². The first-order valence-corrected chi connectivity index (χ1v) is 11.7. The van der Waals surface area contributed by atoms with Crippen LogP contribution in [0.4, 0.5) is 5.69 Å². The molecular formula is C29H34N2O4. The number of hydrogen-bond donors (Lipinski definition) is 1. The van der Waals surface area contributed by atoms with E-state index in [1.807, 2.05) is 93.0 Å². The van der Waals surface area contributed by atoms with Gasteiger partial charge in [0.25, 0.3) is 5.91 Å². The van der Waals surface area contributed by atoms with Crippen molar-refractivity contribution in [3.63, 3.8) is 0 Å². The van der Waals surface area contributed by atoms with Crippen molar-refractivity contribution in [2.45, 2.75) is 13.3 Å². The van der Waals surface area contributed by atoms with Crippen molar-refractivity contribution in [3.05, 3.63) is 90.0 Å². The molecule has 0 heterocycles. The van der Waals surface area contributed by atoms with Gasteiger partial charge < -0.3 is 24.4 Å². The zero-order valence-electron chi connectivity index (χ0n) is 20.9. The second-order valence-electron chi connectivity index (χ2n) is 8.28. The first-order valence-electron chi connectivity index (χ1n) is 11.7. The van der Waals surface area contributed by atoms with Crippen LogP contribution in [0.15, 0.2) is 78.9 Å². The zero-order chi connectivity index (χ0) is 25.0. The van der Waals surface area contributed by atoms with E-state index in [4.69, 9.17) is 14.2 Å². The van der Waals surface area contributed by atoms with Gasteiger partial charge in [-0.2, -0.15) is 0 Å². The topological polar surface area (TPSA) is 60.0 Å². The van der Waals surface area contributed by atoms with Crippen LogP contribution < -0.4 is 14.8 Å². The van der Waals surface area contributed by atoms with E-state index in [-0.39, 0.29) is 12.7 Å². The predicted octanol–water partition coefficient (Wildman–Crippen LogP) is 5.57. The Morgan fingerprint density at radius 2 is 1.46 bits per heavy atom. The third kappa shape index (κ3) is 7.70. The molecule has 0 saturated heterocycles. The fourth-order valence-electron chi connectivity index (χ4n) is 3.63. The van der Waals surface area contributed by atoms with Crippen LogP contribution in [0.5, 0.6) is 11.5 Å². The van der Waals surface area contributed by atoms with Crippen LogP contribution in [0.25, 0.3) is 11.1 Å². The van der Waals surface area contributed by atoms with Crippen LogP contribution >= 0.6 is 0 Å².